The van der Waals surface area contributed by atoms with Crippen LogP contribution in [0.25, 0.3) is 10.2 Å². The number of halogens is 2. The minimum atomic E-state index is -0.553. The molecule has 0 radical (unpaired) electrons. The monoisotopic (exact) mass is 520 g/mol. The molecule has 0 atom stereocenters. The Kier molecular flexibility index (Phi) is 8.15. The van der Waals surface area contributed by atoms with Crippen LogP contribution in [-0.4, -0.2) is 35.4 Å². The largest absolute Gasteiger partial charge is 0.376 e. The quantitative estimate of drug-likeness (QED) is 0.418. The molecule has 1 aromatic carbocycles. The summed E-state index contributed by atoms with van der Waals surface area (Å²) in [5.74, 6) is -0.608. The van der Waals surface area contributed by atoms with Crippen LogP contribution in [0.1, 0.15) is 47.4 Å². The lowest BCUT2D eigenvalue weighted by molar-refractivity contribution is -0.125. The zero-order valence-corrected chi connectivity index (χ0v) is 20.7. The molecular weight excluding hydrogens is 495 g/mol. The number of nitrogens with zero attached hydrogens (tertiary/aromatic N) is 1. The predicted molar refractivity (Wildman–Crippen MR) is 132 cm³/mol. The van der Waals surface area contributed by atoms with Crippen LogP contribution in [-0.2, 0) is 22.7 Å². The fraction of sp³-hybridized carbons (Fsp3) is 0.417. The van der Waals surface area contributed by atoms with E-state index in [1.807, 2.05) is 5.38 Å². The molecule has 0 aliphatic heterocycles. The van der Waals surface area contributed by atoms with Gasteiger partial charge in [0.15, 0.2) is 0 Å². The van der Waals surface area contributed by atoms with Crippen LogP contribution in [0.3, 0.4) is 0 Å². The van der Waals surface area contributed by atoms with E-state index in [-0.39, 0.29) is 35.8 Å². The van der Waals surface area contributed by atoms with Gasteiger partial charge in [-0.15, -0.1) is 11.3 Å². The zero-order valence-electron chi connectivity index (χ0n) is 19.2. The van der Waals surface area contributed by atoms with Crippen molar-refractivity contribution < 1.29 is 18.7 Å². The number of carbonyl (C=O) groups excluding carboxylic acids is 2. The Bertz CT molecular complexity index is 1290. The van der Waals surface area contributed by atoms with Gasteiger partial charge in [-0.3, -0.25) is 14.4 Å². The summed E-state index contributed by atoms with van der Waals surface area (Å²) in [5.41, 5.74) is 0.937. The molecule has 2 aromatic heterocycles. The van der Waals surface area contributed by atoms with Gasteiger partial charge in [0.2, 0.25) is 11.7 Å². The molecule has 4 rings (SSSR count). The highest BCUT2D eigenvalue weighted by molar-refractivity contribution is 7.16. The predicted octanol–water partition coefficient (Wildman–Crippen LogP) is 3.78. The van der Waals surface area contributed by atoms with Crippen LogP contribution < -0.4 is 16.2 Å². The van der Waals surface area contributed by atoms with E-state index in [2.05, 4.69) is 20.6 Å². The Balaban J connectivity index is 1.33. The minimum Gasteiger partial charge on any atom is -0.376 e. The lowest BCUT2D eigenvalue weighted by atomic mass is 9.82. The van der Waals surface area contributed by atoms with E-state index in [1.165, 1.54) is 29.5 Å². The first-order valence-corrected chi connectivity index (χ1v) is 12.6. The van der Waals surface area contributed by atoms with Gasteiger partial charge in [0.05, 0.1) is 17.0 Å². The number of thiophene rings is 1. The van der Waals surface area contributed by atoms with Crippen LogP contribution in [0.2, 0.25) is 5.02 Å². The second-order valence-electron chi connectivity index (χ2n) is 8.63. The summed E-state index contributed by atoms with van der Waals surface area (Å²) in [6, 6.07) is 4.16. The second-order valence-corrected chi connectivity index (χ2v) is 9.90. The molecule has 11 heteroatoms. The molecule has 3 N–H and O–H groups in total. The highest BCUT2D eigenvalue weighted by Gasteiger charge is 2.25. The summed E-state index contributed by atoms with van der Waals surface area (Å²) in [5, 5.41) is 7.56. The third-order valence-corrected chi connectivity index (χ3v) is 7.46. The normalized spacial score (nSPS) is 17.9. The highest BCUT2D eigenvalue weighted by atomic mass is 35.5. The number of benzene rings is 1. The lowest BCUT2D eigenvalue weighted by Gasteiger charge is -2.27. The molecule has 0 spiro atoms. The first kappa shape index (κ1) is 25.3. The van der Waals surface area contributed by atoms with Crippen molar-refractivity contribution in [2.24, 2.45) is 11.8 Å². The summed E-state index contributed by atoms with van der Waals surface area (Å²) in [7, 11) is 1.67. The van der Waals surface area contributed by atoms with E-state index in [4.69, 9.17) is 16.3 Å². The molecule has 2 amide bonds. The number of hydrogen-bond donors (Lipinski definition) is 3. The van der Waals surface area contributed by atoms with Crippen molar-refractivity contribution in [3.8, 4) is 0 Å². The maximum absolute atomic E-state index is 13.3. The van der Waals surface area contributed by atoms with Crippen LogP contribution in [0.5, 0.6) is 0 Å². The van der Waals surface area contributed by atoms with Crippen molar-refractivity contribution in [3.63, 3.8) is 0 Å². The molecular formula is C24H26ClFN4O4S. The minimum absolute atomic E-state index is 0.0328. The van der Waals surface area contributed by atoms with Gasteiger partial charge in [0.1, 0.15) is 10.6 Å². The van der Waals surface area contributed by atoms with Gasteiger partial charge in [-0.05, 0) is 54.7 Å². The second kappa shape index (κ2) is 11.3. The van der Waals surface area contributed by atoms with Crippen LogP contribution in [0.15, 0.2) is 28.4 Å². The third-order valence-electron chi connectivity index (χ3n) is 6.25. The molecule has 35 heavy (non-hydrogen) atoms. The molecule has 1 fully saturated rings. The number of amides is 2. The summed E-state index contributed by atoms with van der Waals surface area (Å²) in [4.78, 5) is 44.3. The highest BCUT2D eigenvalue weighted by Crippen LogP contribution is 2.29. The van der Waals surface area contributed by atoms with Crippen LogP contribution in [0, 0.1) is 17.7 Å². The molecule has 186 valence electrons. The summed E-state index contributed by atoms with van der Waals surface area (Å²) in [6.07, 6.45) is 3.59. The van der Waals surface area contributed by atoms with E-state index >= 15 is 0 Å². The molecule has 1 aliphatic rings. The number of carbonyl (C=O) groups is 2. The topological polar surface area (TPSA) is 113 Å². The molecule has 0 unspecified atom stereocenters. The van der Waals surface area contributed by atoms with Gasteiger partial charge in [-0.25, -0.2) is 9.37 Å². The van der Waals surface area contributed by atoms with Gasteiger partial charge in [-0.2, -0.15) is 0 Å². The Morgan fingerprint density at radius 2 is 2.06 bits per heavy atom. The first-order chi connectivity index (χ1) is 16.9. The van der Waals surface area contributed by atoms with Crippen molar-refractivity contribution >= 4 is 45.0 Å². The van der Waals surface area contributed by atoms with Gasteiger partial charge >= 0.3 is 0 Å². The molecule has 1 saturated carbocycles. The number of nitrogens with one attached hydrogen (secondary N) is 3. The van der Waals surface area contributed by atoms with Crippen molar-refractivity contribution in [1.29, 1.82) is 0 Å². The molecule has 0 saturated heterocycles. The van der Waals surface area contributed by atoms with Gasteiger partial charge in [-0.1, -0.05) is 17.7 Å². The van der Waals surface area contributed by atoms with E-state index in [1.54, 1.807) is 7.05 Å². The molecule has 2 heterocycles. The summed E-state index contributed by atoms with van der Waals surface area (Å²) < 4.78 is 19.2. The number of hydrogen-bond acceptors (Lipinski definition) is 6. The maximum atomic E-state index is 13.3. The van der Waals surface area contributed by atoms with Gasteiger partial charge in [0.25, 0.3) is 11.5 Å². The number of ether oxygens (including phenoxy) is 1. The smallest absolute Gasteiger partial charge is 0.287 e. The fourth-order valence-electron chi connectivity index (χ4n) is 4.27. The van der Waals surface area contributed by atoms with Crippen molar-refractivity contribution in [2.45, 2.75) is 38.8 Å². The Morgan fingerprint density at radius 3 is 2.77 bits per heavy atom. The van der Waals surface area contributed by atoms with E-state index in [0.717, 1.165) is 31.2 Å². The molecule has 8 nitrogen and oxygen atoms in total. The molecule has 3 aromatic rings. The molecule has 1 aliphatic carbocycles. The summed E-state index contributed by atoms with van der Waals surface area (Å²) >= 11 is 7.04. The average molecular weight is 521 g/mol. The molecule has 0 bridgehead atoms. The van der Waals surface area contributed by atoms with Gasteiger partial charge in [0, 0.05) is 31.7 Å². The third kappa shape index (κ3) is 6.06. The van der Waals surface area contributed by atoms with Crippen molar-refractivity contribution in [2.75, 3.05) is 13.7 Å². The maximum Gasteiger partial charge on any atom is 0.287 e. The zero-order chi connectivity index (χ0) is 24.9. The van der Waals surface area contributed by atoms with E-state index in [0.29, 0.717) is 28.3 Å². The SMILES string of the molecule is CNC(=O)C1CCC(COCc2csc3nc(C(=O)NCc4ccc(F)c(Cl)c4)[nH]c(=O)c23)CC1. The number of aromatic amines is 1. The Morgan fingerprint density at radius 1 is 1.29 bits per heavy atom. The van der Waals surface area contributed by atoms with Gasteiger partial charge < -0.3 is 20.4 Å². The van der Waals surface area contributed by atoms with Crippen molar-refractivity contribution in [3.05, 3.63) is 61.7 Å². The number of H-pyrrole nitrogens is 1. The Labute approximate surface area is 210 Å². The first-order valence-electron chi connectivity index (χ1n) is 11.4. The summed E-state index contributed by atoms with van der Waals surface area (Å²) in [6.45, 7) is 0.948. The van der Waals surface area contributed by atoms with Crippen molar-refractivity contribution in [1.82, 2.24) is 20.6 Å². The number of fused-ring (bicyclic) bond motifs is 1. The van der Waals surface area contributed by atoms with E-state index in [9.17, 15) is 18.8 Å². The Hall–Kier alpha value is -2.82. The average Bonchev–Trinajstić information content (AvgIpc) is 3.28. The standard InChI is InChI=1S/C24H26ClFN4O4S/c1-27-21(31)15-5-2-13(3-6-15)10-34-11-16-12-35-24-19(16)22(32)29-20(30-24)23(33)28-9-14-4-7-18(26)17(25)8-14/h4,7-8,12-13,15H,2-3,5-6,9-11H2,1H3,(H,27,31)(H,28,33)(H,29,30,32). The number of aromatic nitrogens is 2. The van der Waals surface area contributed by atoms with Crippen LogP contribution in [0.4, 0.5) is 4.39 Å². The van der Waals surface area contributed by atoms with E-state index < -0.39 is 17.3 Å². The van der Waals surface area contributed by atoms with Crippen LogP contribution >= 0.6 is 22.9 Å². The lowest BCUT2D eigenvalue weighted by Crippen LogP contribution is -2.31. The number of rotatable bonds is 8. The fourth-order valence-corrected chi connectivity index (χ4v) is 5.40.